The SMILES string of the molecule is Cc1ccc(C(=O)N2CC[C@]3(C[C@@H](NS(C)(=O)=O)CCO3)C2)cc1. The van der Waals surface area contributed by atoms with Crippen molar-refractivity contribution >= 4 is 15.9 Å². The van der Waals surface area contributed by atoms with E-state index >= 15 is 0 Å². The number of amides is 1. The molecular formula is C17H24N2O4S. The fraction of sp³-hybridized carbons (Fsp3) is 0.588. The molecule has 0 radical (unpaired) electrons. The van der Waals surface area contributed by atoms with Crippen molar-refractivity contribution in [3.8, 4) is 0 Å². The lowest BCUT2D eigenvalue weighted by Gasteiger charge is -2.38. The first kappa shape index (κ1) is 17.4. The Kier molecular flexibility index (Phi) is 4.68. The van der Waals surface area contributed by atoms with Crippen LogP contribution in [0.1, 0.15) is 35.2 Å². The zero-order valence-corrected chi connectivity index (χ0v) is 14.9. The fourth-order valence-corrected chi connectivity index (χ4v) is 4.42. The van der Waals surface area contributed by atoms with Gasteiger partial charge in [0.2, 0.25) is 10.0 Å². The van der Waals surface area contributed by atoms with Gasteiger partial charge in [0, 0.05) is 24.8 Å². The molecule has 0 aliphatic carbocycles. The van der Waals surface area contributed by atoms with Crippen LogP contribution >= 0.6 is 0 Å². The molecule has 6 nitrogen and oxygen atoms in total. The van der Waals surface area contributed by atoms with Gasteiger partial charge in [0.05, 0.1) is 18.4 Å². The van der Waals surface area contributed by atoms with Crippen LogP contribution in [-0.2, 0) is 14.8 Å². The van der Waals surface area contributed by atoms with E-state index in [-0.39, 0.29) is 11.9 Å². The maximum Gasteiger partial charge on any atom is 0.253 e. The third-order valence-electron chi connectivity index (χ3n) is 4.78. The number of nitrogens with one attached hydrogen (secondary N) is 1. The summed E-state index contributed by atoms with van der Waals surface area (Å²) >= 11 is 0. The van der Waals surface area contributed by atoms with Gasteiger partial charge in [-0.2, -0.15) is 0 Å². The Morgan fingerprint density at radius 2 is 2.04 bits per heavy atom. The van der Waals surface area contributed by atoms with Crippen LogP contribution in [0.15, 0.2) is 24.3 Å². The van der Waals surface area contributed by atoms with E-state index in [4.69, 9.17) is 4.74 Å². The molecule has 2 aliphatic rings. The number of benzene rings is 1. The van der Waals surface area contributed by atoms with E-state index in [0.29, 0.717) is 38.1 Å². The molecule has 1 aromatic carbocycles. The lowest BCUT2D eigenvalue weighted by atomic mass is 9.90. The largest absolute Gasteiger partial charge is 0.373 e. The van der Waals surface area contributed by atoms with Crippen molar-refractivity contribution in [2.45, 2.75) is 37.8 Å². The predicted molar refractivity (Wildman–Crippen MR) is 91.4 cm³/mol. The zero-order valence-electron chi connectivity index (χ0n) is 14.1. The zero-order chi connectivity index (χ0) is 17.4. The van der Waals surface area contributed by atoms with Crippen LogP contribution in [0, 0.1) is 6.92 Å². The smallest absolute Gasteiger partial charge is 0.253 e. The molecule has 0 saturated carbocycles. The molecule has 2 heterocycles. The molecule has 24 heavy (non-hydrogen) atoms. The number of carbonyl (C=O) groups is 1. The minimum absolute atomic E-state index is 0.00803. The van der Waals surface area contributed by atoms with Gasteiger partial charge in [-0.05, 0) is 38.3 Å². The monoisotopic (exact) mass is 352 g/mol. The Balaban J connectivity index is 1.67. The molecule has 132 valence electrons. The summed E-state index contributed by atoms with van der Waals surface area (Å²) in [7, 11) is -3.23. The summed E-state index contributed by atoms with van der Waals surface area (Å²) in [6.07, 6.45) is 3.20. The van der Waals surface area contributed by atoms with Gasteiger partial charge in [-0.3, -0.25) is 4.79 Å². The number of sulfonamides is 1. The minimum atomic E-state index is -3.23. The van der Waals surface area contributed by atoms with E-state index in [1.807, 2.05) is 36.1 Å². The molecule has 1 aromatic rings. The van der Waals surface area contributed by atoms with Gasteiger partial charge in [0.1, 0.15) is 0 Å². The third-order valence-corrected chi connectivity index (χ3v) is 5.54. The van der Waals surface area contributed by atoms with Gasteiger partial charge in [-0.15, -0.1) is 0 Å². The maximum absolute atomic E-state index is 12.7. The number of nitrogens with zero attached hydrogens (tertiary/aromatic N) is 1. The fourth-order valence-electron chi connectivity index (χ4n) is 3.61. The number of rotatable bonds is 3. The summed E-state index contributed by atoms with van der Waals surface area (Å²) < 4.78 is 31.6. The summed E-state index contributed by atoms with van der Waals surface area (Å²) in [5.74, 6) is 0.00803. The van der Waals surface area contributed by atoms with Crippen LogP contribution < -0.4 is 4.72 Å². The highest BCUT2D eigenvalue weighted by Gasteiger charge is 2.45. The second-order valence-electron chi connectivity index (χ2n) is 6.95. The van der Waals surface area contributed by atoms with Crippen molar-refractivity contribution in [2.75, 3.05) is 26.0 Å². The highest BCUT2D eigenvalue weighted by Crippen LogP contribution is 2.35. The van der Waals surface area contributed by atoms with E-state index in [2.05, 4.69) is 4.72 Å². The van der Waals surface area contributed by atoms with Gasteiger partial charge in [0.15, 0.2) is 0 Å². The first-order valence-corrected chi connectivity index (χ1v) is 10.1. The third kappa shape index (κ3) is 3.96. The van der Waals surface area contributed by atoms with Crippen LogP contribution in [0.3, 0.4) is 0 Å². The normalized spacial score (nSPS) is 27.6. The Hall–Kier alpha value is -1.44. The van der Waals surface area contributed by atoms with Crippen LogP contribution in [0.5, 0.6) is 0 Å². The van der Waals surface area contributed by atoms with Crippen molar-refractivity contribution < 1.29 is 17.9 Å². The summed E-state index contributed by atoms with van der Waals surface area (Å²) in [5, 5.41) is 0. The van der Waals surface area contributed by atoms with Crippen LogP contribution in [0.4, 0.5) is 0 Å². The molecule has 2 aliphatic heterocycles. The van der Waals surface area contributed by atoms with Gasteiger partial charge < -0.3 is 9.64 Å². The Morgan fingerprint density at radius 3 is 2.71 bits per heavy atom. The Bertz CT molecular complexity index is 717. The highest BCUT2D eigenvalue weighted by atomic mass is 32.2. The molecule has 3 rings (SSSR count). The average Bonchev–Trinajstić information content (AvgIpc) is 2.89. The highest BCUT2D eigenvalue weighted by molar-refractivity contribution is 7.88. The van der Waals surface area contributed by atoms with Crippen molar-refractivity contribution in [3.05, 3.63) is 35.4 Å². The molecule has 0 unspecified atom stereocenters. The van der Waals surface area contributed by atoms with Crippen molar-refractivity contribution in [1.82, 2.24) is 9.62 Å². The number of aryl methyl sites for hydroxylation is 1. The quantitative estimate of drug-likeness (QED) is 0.890. The van der Waals surface area contributed by atoms with Gasteiger partial charge in [-0.25, -0.2) is 13.1 Å². The molecule has 0 bridgehead atoms. The first-order valence-electron chi connectivity index (χ1n) is 8.24. The number of carbonyl (C=O) groups excluding carboxylic acids is 1. The van der Waals surface area contributed by atoms with Gasteiger partial charge in [-0.1, -0.05) is 17.7 Å². The number of hydrogen-bond acceptors (Lipinski definition) is 4. The van der Waals surface area contributed by atoms with Crippen molar-refractivity contribution in [1.29, 1.82) is 0 Å². The second kappa shape index (κ2) is 6.46. The Morgan fingerprint density at radius 1 is 1.33 bits per heavy atom. The lowest BCUT2D eigenvalue weighted by molar-refractivity contribution is -0.0763. The molecule has 2 saturated heterocycles. The lowest BCUT2D eigenvalue weighted by Crippen LogP contribution is -2.50. The maximum atomic E-state index is 12.7. The topological polar surface area (TPSA) is 75.7 Å². The molecule has 1 spiro atoms. The van der Waals surface area contributed by atoms with Crippen molar-refractivity contribution in [2.24, 2.45) is 0 Å². The van der Waals surface area contributed by atoms with E-state index in [1.54, 1.807) is 0 Å². The van der Waals surface area contributed by atoms with Crippen LogP contribution in [0.25, 0.3) is 0 Å². The summed E-state index contributed by atoms with van der Waals surface area (Å²) in [4.78, 5) is 14.5. The summed E-state index contributed by atoms with van der Waals surface area (Å²) in [5.41, 5.74) is 1.37. The molecule has 1 amide bonds. The summed E-state index contributed by atoms with van der Waals surface area (Å²) in [6, 6.07) is 7.43. The number of ether oxygens (including phenoxy) is 1. The standard InChI is InChI=1S/C17H24N2O4S/c1-13-3-5-14(6-4-13)16(20)19-9-8-17(12-19)11-15(7-10-23-17)18-24(2,21)22/h3-6,15,18H,7-12H2,1-2H3/t15-,17-/m0/s1. The summed E-state index contributed by atoms with van der Waals surface area (Å²) in [6.45, 7) is 3.66. The van der Waals surface area contributed by atoms with Crippen LogP contribution in [0.2, 0.25) is 0 Å². The Labute approximate surface area is 143 Å². The average molecular weight is 352 g/mol. The van der Waals surface area contributed by atoms with E-state index < -0.39 is 15.6 Å². The van der Waals surface area contributed by atoms with E-state index in [1.165, 1.54) is 6.26 Å². The van der Waals surface area contributed by atoms with Crippen LogP contribution in [-0.4, -0.2) is 56.8 Å². The van der Waals surface area contributed by atoms with E-state index in [9.17, 15) is 13.2 Å². The van der Waals surface area contributed by atoms with Gasteiger partial charge in [0.25, 0.3) is 5.91 Å². The number of hydrogen-bond donors (Lipinski definition) is 1. The molecular weight excluding hydrogens is 328 g/mol. The first-order chi connectivity index (χ1) is 11.3. The molecule has 0 aromatic heterocycles. The second-order valence-corrected chi connectivity index (χ2v) is 8.73. The predicted octanol–water partition coefficient (Wildman–Crippen LogP) is 1.31. The minimum Gasteiger partial charge on any atom is -0.373 e. The van der Waals surface area contributed by atoms with E-state index in [0.717, 1.165) is 12.0 Å². The number of likely N-dealkylation sites (tertiary alicyclic amines) is 1. The molecule has 1 N–H and O–H groups in total. The van der Waals surface area contributed by atoms with Crippen molar-refractivity contribution in [3.63, 3.8) is 0 Å². The molecule has 2 fully saturated rings. The molecule has 7 heteroatoms. The molecule has 2 atom stereocenters. The van der Waals surface area contributed by atoms with Gasteiger partial charge >= 0.3 is 0 Å².